The highest BCUT2D eigenvalue weighted by Crippen LogP contribution is 2.38. The fourth-order valence-electron chi connectivity index (χ4n) is 3.59. The van der Waals surface area contributed by atoms with Crippen LogP contribution in [0.5, 0.6) is 0 Å². The molecule has 0 bridgehead atoms. The minimum atomic E-state index is -0.250. The molecule has 1 aliphatic heterocycles. The molecule has 0 spiro atoms. The van der Waals surface area contributed by atoms with Crippen molar-refractivity contribution in [2.45, 2.75) is 25.3 Å². The van der Waals surface area contributed by atoms with Gasteiger partial charge in [-0.2, -0.15) is 0 Å². The van der Waals surface area contributed by atoms with E-state index in [0.29, 0.717) is 5.11 Å². The average Bonchev–Trinajstić information content (AvgIpc) is 2.64. The molecule has 0 saturated carbocycles. The first-order valence-corrected chi connectivity index (χ1v) is 9.03. The standard InChI is InChI=1S/C21H18F2N2S/c22-16-8-4-13(5-9-16)12-15-2-1-3-18-19(24-21(26)25-20(15)18)14-6-10-17(23)11-7-14/h4-12,19H,1-3H2,(H2,24,25,26)/b15-12-. The molecule has 2 aliphatic rings. The molecule has 1 unspecified atom stereocenters. The first-order chi connectivity index (χ1) is 12.6. The summed E-state index contributed by atoms with van der Waals surface area (Å²) in [5, 5.41) is 7.16. The van der Waals surface area contributed by atoms with Crippen LogP contribution in [0.3, 0.4) is 0 Å². The van der Waals surface area contributed by atoms with Crippen LogP contribution in [0, 0.1) is 11.6 Å². The van der Waals surface area contributed by atoms with Gasteiger partial charge in [-0.05, 0) is 84.1 Å². The Morgan fingerprint density at radius 2 is 1.58 bits per heavy atom. The van der Waals surface area contributed by atoms with Gasteiger partial charge in [0.1, 0.15) is 11.6 Å². The van der Waals surface area contributed by atoms with Gasteiger partial charge in [-0.1, -0.05) is 24.3 Å². The average molecular weight is 368 g/mol. The molecule has 2 aromatic carbocycles. The number of allylic oxidation sites excluding steroid dienone is 1. The topological polar surface area (TPSA) is 24.1 Å². The van der Waals surface area contributed by atoms with E-state index in [1.807, 2.05) is 0 Å². The summed E-state index contributed by atoms with van der Waals surface area (Å²) in [5.74, 6) is -0.492. The van der Waals surface area contributed by atoms with Crippen LogP contribution in [-0.2, 0) is 0 Å². The van der Waals surface area contributed by atoms with E-state index in [9.17, 15) is 8.78 Å². The van der Waals surface area contributed by atoms with Crippen molar-refractivity contribution in [3.63, 3.8) is 0 Å². The first-order valence-electron chi connectivity index (χ1n) is 8.63. The molecule has 1 aliphatic carbocycles. The number of halogens is 2. The van der Waals surface area contributed by atoms with E-state index in [1.54, 1.807) is 24.3 Å². The summed E-state index contributed by atoms with van der Waals surface area (Å²) >= 11 is 5.40. The zero-order chi connectivity index (χ0) is 18.1. The number of thiocarbonyl (C=S) groups is 1. The highest BCUT2D eigenvalue weighted by molar-refractivity contribution is 7.80. The second kappa shape index (κ2) is 7.00. The Kier molecular flexibility index (Phi) is 4.55. The smallest absolute Gasteiger partial charge is 0.171 e. The SMILES string of the molecule is Fc1ccc(/C=C2/CCCC3=C2NC(=S)NC3c2ccc(F)cc2)cc1. The maximum atomic E-state index is 13.3. The van der Waals surface area contributed by atoms with Gasteiger partial charge in [-0.3, -0.25) is 0 Å². The molecular formula is C21H18F2N2S. The summed E-state index contributed by atoms with van der Waals surface area (Å²) in [6, 6.07) is 12.9. The third kappa shape index (κ3) is 3.40. The third-order valence-corrected chi connectivity index (χ3v) is 5.03. The highest BCUT2D eigenvalue weighted by Gasteiger charge is 2.30. The van der Waals surface area contributed by atoms with E-state index in [4.69, 9.17) is 12.2 Å². The molecule has 4 rings (SSSR count). The van der Waals surface area contributed by atoms with Gasteiger partial charge in [0.15, 0.2) is 5.11 Å². The van der Waals surface area contributed by atoms with Crippen LogP contribution in [0.2, 0.25) is 0 Å². The lowest BCUT2D eigenvalue weighted by Crippen LogP contribution is -2.45. The summed E-state index contributed by atoms with van der Waals surface area (Å²) in [5.41, 5.74) is 5.38. The molecule has 26 heavy (non-hydrogen) atoms. The Labute approximate surface area is 156 Å². The Balaban J connectivity index is 1.75. The first kappa shape index (κ1) is 16.9. The van der Waals surface area contributed by atoms with Crippen LogP contribution < -0.4 is 10.6 Å². The molecule has 1 heterocycles. The zero-order valence-electron chi connectivity index (χ0n) is 14.1. The molecule has 0 fully saturated rings. The third-order valence-electron chi connectivity index (χ3n) is 4.81. The van der Waals surface area contributed by atoms with E-state index < -0.39 is 0 Å². The highest BCUT2D eigenvalue weighted by atomic mass is 32.1. The van der Waals surface area contributed by atoms with Crippen molar-refractivity contribution < 1.29 is 8.78 Å². The summed E-state index contributed by atoms with van der Waals surface area (Å²) in [6.45, 7) is 0. The fourth-order valence-corrected chi connectivity index (χ4v) is 3.81. The normalized spacial score (nSPS) is 21.2. The van der Waals surface area contributed by atoms with Crippen molar-refractivity contribution in [2.75, 3.05) is 0 Å². The zero-order valence-corrected chi connectivity index (χ0v) is 14.9. The lowest BCUT2D eigenvalue weighted by atomic mass is 9.83. The molecule has 2 N–H and O–H groups in total. The van der Waals surface area contributed by atoms with Crippen molar-refractivity contribution in [3.05, 3.63) is 88.1 Å². The Bertz CT molecular complexity index is 899. The van der Waals surface area contributed by atoms with Crippen LogP contribution in [0.1, 0.15) is 36.4 Å². The predicted molar refractivity (Wildman–Crippen MR) is 103 cm³/mol. The van der Waals surface area contributed by atoms with Crippen molar-refractivity contribution in [1.29, 1.82) is 0 Å². The monoisotopic (exact) mass is 368 g/mol. The van der Waals surface area contributed by atoms with Crippen LogP contribution in [0.4, 0.5) is 8.78 Å². The molecule has 2 aromatic rings. The van der Waals surface area contributed by atoms with Crippen LogP contribution in [-0.4, -0.2) is 5.11 Å². The van der Waals surface area contributed by atoms with Gasteiger partial charge in [-0.25, -0.2) is 8.78 Å². The number of hydrogen-bond donors (Lipinski definition) is 2. The fraction of sp³-hybridized carbons (Fsp3) is 0.190. The van der Waals surface area contributed by atoms with E-state index in [2.05, 4.69) is 16.7 Å². The molecular weight excluding hydrogens is 350 g/mol. The van der Waals surface area contributed by atoms with E-state index in [0.717, 1.165) is 41.7 Å². The second-order valence-corrected chi connectivity index (χ2v) is 6.97. The van der Waals surface area contributed by atoms with Crippen LogP contribution >= 0.6 is 12.2 Å². The van der Waals surface area contributed by atoms with Gasteiger partial charge < -0.3 is 10.6 Å². The van der Waals surface area contributed by atoms with Gasteiger partial charge in [0.2, 0.25) is 0 Å². The molecule has 0 radical (unpaired) electrons. The summed E-state index contributed by atoms with van der Waals surface area (Å²) in [6.07, 6.45) is 4.99. The molecule has 5 heteroatoms. The Morgan fingerprint density at radius 1 is 0.923 bits per heavy atom. The Hall–Kier alpha value is -2.53. The molecule has 0 amide bonds. The lowest BCUT2D eigenvalue weighted by Gasteiger charge is -2.36. The maximum Gasteiger partial charge on any atom is 0.171 e. The number of hydrogen-bond acceptors (Lipinski definition) is 1. The lowest BCUT2D eigenvalue weighted by molar-refractivity contribution is 0.602. The number of benzene rings is 2. The van der Waals surface area contributed by atoms with Gasteiger partial charge in [0.05, 0.1) is 6.04 Å². The van der Waals surface area contributed by atoms with E-state index in [-0.39, 0.29) is 17.7 Å². The van der Waals surface area contributed by atoms with Gasteiger partial charge in [0, 0.05) is 5.70 Å². The summed E-state index contributed by atoms with van der Waals surface area (Å²) < 4.78 is 26.4. The number of nitrogens with one attached hydrogen (secondary N) is 2. The van der Waals surface area contributed by atoms with Crippen LogP contribution in [0.15, 0.2) is 65.4 Å². The molecule has 2 nitrogen and oxygen atoms in total. The number of rotatable bonds is 2. The Morgan fingerprint density at radius 3 is 2.27 bits per heavy atom. The van der Waals surface area contributed by atoms with Crippen LogP contribution in [0.25, 0.3) is 6.08 Å². The van der Waals surface area contributed by atoms with Crippen molar-refractivity contribution >= 4 is 23.4 Å². The van der Waals surface area contributed by atoms with E-state index >= 15 is 0 Å². The van der Waals surface area contributed by atoms with Gasteiger partial charge >= 0.3 is 0 Å². The molecule has 0 saturated heterocycles. The van der Waals surface area contributed by atoms with Gasteiger partial charge in [-0.15, -0.1) is 0 Å². The largest absolute Gasteiger partial charge is 0.352 e. The molecule has 132 valence electrons. The van der Waals surface area contributed by atoms with E-state index in [1.165, 1.54) is 29.8 Å². The van der Waals surface area contributed by atoms with Crippen molar-refractivity contribution in [3.8, 4) is 0 Å². The van der Waals surface area contributed by atoms with Gasteiger partial charge in [0.25, 0.3) is 0 Å². The summed E-state index contributed by atoms with van der Waals surface area (Å²) in [4.78, 5) is 0. The van der Waals surface area contributed by atoms with Crippen molar-refractivity contribution in [1.82, 2.24) is 10.6 Å². The maximum absolute atomic E-state index is 13.3. The minimum absolute atomic E-state index is 0.0590. The minimum Gasteiger partial charge on any atom is -0.352 e. The van der Waals surface area contributed by atoms with Crippen molar-refractivity contribution in [2.24, 2.45) is 0 Å². The quantitative estimate of drug-likeness (QED) is 0.729. The summed E-state index contributed by atoms with van der Waals surface area (Å²) in [7, 11) is 0. The molecule has 0 aromatic heterocycles. The molecule has 1 atom stereocenters. The second-order valence-electron chi connectivity index (χ2n) is 6.56. The predicted octanol–water partition coefficient (Wildman–Crippen LogP) is 5.01.